The van der Waals surface area contributed by atoms with Gasteiger partial charge in [-0.05, 0) is 63.4 Å². The van der Waals surface area contributed by atoms with E-state index in [2.05, 4.69) is 0 Å². The van der Waals surface area contributed by atoms with Crippen LogP contribution < -0.4 is 4.74 Å². The summed E-state index contributed by atoms with van der Waals surface area (Å²) in [5, 5.41) is 9.10. The van der Waals surface area contributed by atoms with Gasteiger partial charge in [0.25, 0.3) is 0 Å². The molecule has 1 amide bonds. The van der Waals surface area contributed by atoms with E-state index in [0.29, 0.717) is 25.9 Å². The second-order valence-corrected chi connectivity index (χ2v) is 7.36. The number of benzene rings is 2. The molecule has 0 spiro atoms. The number of ether oxygens (including phenoxy) is 2. The summed E-state index contributed by atoms with van der Waals surface area (Å²) in [4.78, 5) is 14.0. The number of carbonyl (C=O) groups excluding carboxylic acids is 1. The molecule has 5 nitrogen and oxygen atoms in total. The molecule has 0 aliphatic rings. The third-order valence-corrected chi connectivity index (χ3v) is 3.79. The van der Waals surface area contributed by atoms with Crippen molar-refractivity contribution < 1.29 is 19.4 Å². The largest absolute Gasteiger partial charge is 0.457 e. The Kier molecular flexibility index (Phi) is 7.67. The van der Waals surface area contributed by atoms with Crippen LogP contribution in [-0.4, -0.2) is 41.4 Å². The Labute approximate surface area is 161 Å². The number of amides is 1. The third kappa shape index (κ3) is 7.71. The summed E-state index contributed by atoms with van der Waals surface area (Å²) in [6.07, 6.45) is 0.847. The lowest BCUT2D eigenvalue weighted by Crippen LogP contribution is -2.38. The summed E-state index contributed by atoms with van der Waals surface area (Å²) in [5.74, 6) is 1.55. The van der Waals surface area contributed by atoms with Gasteiger partial charge in [-0.25, -0.2) is 4.79 Å². The maximum atomic E-state index is 12.4. The van der Waals surface area contributed by atoms with E-state index in [1.54, 1.807) is 4.90 Å². The molecule has 0 aromatic heterocycles. The van der Waals surface area contributed by atoms with Crippen LogP contribution in [0.3, 0.4) is 0 Å². The van der Waals surface area contributed by atoms with Crippen molar-refractivity contribution in [2.24, 2.45) is 0 Å². The highest BCUT2D eigenvalue weighted by molar-refractivity contribution is 5.68. The van der Waals surface area contributed by atoms with Crippen molar-refractivity contribution in [3.8, 4) is 11.5 Å². The average molecular weight is 371 g/mol. The van der Waals surface area contributed by atoms with Gasteiger partial charge >= 0.3 is 6.09 Å². The Balaban J connectivity index is 1.99. The Morgan fingerprint density at radius 2 is 1.70 bits per heavy atom. The van der Waals surface area contributed by atoms with Gasteiger partial charge in [0.05, 0.1) is 0 Å². The highest BCUT2D eigenvalue weighted by atomic mass is 16.6. The Morgan fingerprint density at radius 1 is 1.00 bits per heavy atom. The smallest absolute Gasteiger partial charge is 0.410 e. The molecule has 0 saturated heterocycles. The lowest BCUT2D eigenvalue weighted by Gasteiger charge is -2.27. The number of hydrogen-bond acceptors (Lipinski definition) is 4. The third-order valence-electron chi connectivity index (χ3n) is 3.79. The minimum Gasteiger partial charge on any atom is -0.457 e. The maximum Gasteiger partial charge on any atom is 0.410 e. The minimum absolute atomic E-state index is 0.0414. The number of nitrogens with zero attached hydrogens (tertiary/aromatic N) is 1. The molecule has 0 saturated carbocycles. The molecule has 146 valence electrons. The van der Waals surface area contributed by atoms with Gasteiger partial charge in [0.1, 0.15) is 17.1 Å². The van der Waals surface area contributed by atoms with E-state index in [4.69, 9.17) is 14.6 Å². The quantitative estimate of drug-likeness (QED) is 0.734. The second-order valence-electron chi connectivity index (χ2n) is 7.36. The van der Waals surface area contributed by atoms with Crippen molar-refractivity contribution in [3.63, 3.8) is 0 Å². The zero-order valence-electron chi connectivity index (χ0n) is 16.4. The van der Waals surface area contributed by atoms with E-state index >= 15 is 0 Å². The van der Waals surface area contributed by atoms with Crippen molar-refractivity contribution >= 4 is 6.09 Å². The zero-order chi connectivity index (χ0) is 19.7. The number of carbonyl (C=O) groups is 1. The summed E-state index contributed by atoms with van der Waals surface area (Å²) in [5.41, 5.74) is 0.527. The lowest BCUT2D eigenvalue weighted by molar-refractivity contribution is 0.0243. The predicted molar refractivity (Wildman–Crippen MR) is 106 cm³/mol. The lowest BCUT2D eigenvalue weighted by atomic mass is 10.1. The van der Waals surface area contributed by atoms with Crippen molar-refractivity contribution in [3.05, 3.63) is 60.2 Å². The van der Waals surface area contributed by atoms with E-state index < -0.39 is 5.60 Å². The molecule has 0 bridgehead atoms. The second kappa shape index (κ2) is 9.97. The number of aliphatic hydroxyl groups excluding tert-OH is 1. The standard InChI is InChI=1S/C22H29NO4/c1-22(2,3)27-21(25)23(14-8-16-24)15-13-18-9-7-12-20(17-18)26-19-10-5-4-6-11-19/h4-7,9-12,17,24H,8,13-16H2,1-3H3. The Morgan fingerprint density at radius 3 is 2.37 bits per heavy atom. The summed E-state index contributed by atoms with van der Waals surface area (Å²) in [7, 11) is 0. The van der Waals surface area contributed by atoms with Crippen LogP contribution in [0.15, 0.2) is 54.6 Å². The van der Waals surface area contributed by atoms with Crippen molar-refractivity contribution in [1.29, 1.82) is 0 Å². The van der Waals surface area contributed by atoms with Gasteiger partial charge in [0.2, 0.25) is 0 Å². The predicted octanol–water partition coefficient (Wildman–Crippen LogP) is 4.64. The molecule has 0 fully saturated rings. The molecule has 0 aliphatic carbocycles. The average Bonchev–Trinajstić information content (AvgIpc) is 2.61. The molecule has 2 rings (SSSR count). The fraction of sp³-hybridized carbons (Fsp3) is 0.409. The van der Waals surface area contributed by atoms with Crippen LogP contribution in [-0.2, 0) is 11.2 Å². The summed E-state index contributed by atoms with van der Waals surface area (Å²) < 4.78 is 11.3. The minimum atomic E-state index is -0.544. The number of rotatable bonds is 8. The van der Waals surface area contributed by atoms with Crippen LogP contribution in [0.4, 0.5) is 4.79 Å². The monoisotopic (exact) mass is 371 g/mol. The molecular weight excluding hydrogens is 342 g/mol. The van der Waals surface area contributed by atoms with Crippen LogP contribution in [0.5, 0.6) is 11.5 Å². The molecule has 0 unspecified atom stereocenters. The Hall–Kier alpha value is -2.53. The van der Waals surface area contributed by atoms with E-state index in [-0.39, 0.29) is 12.7 Å². The first-order valence-corrected chi connectivity index (χ1v) is 9.28. The highest BCUT2D eigenvalue weighted by Gasteiger charge is 2.21. The molecule has 2 aromatic rings. The van der Waals surface area contributed by atoms with Crippen LogP contribution in [0.25, 0.3) is 0 Å². The van der Waals surface area contributed by atoms with E-state index in [1.807, 2.05) is 75.4 Å². The fourth-order valence-corrected chi connectivity index (χ4v) is 2.54. The summed E-state index contributed by atoms with van der Waals surface area (Å²) >= 11 is 0. The number of aliphatic hydroxyl groups is 1. The van der Waals surface area contributed by atoms with Gasteiger partial charge in [-0.2, -0.15) is 0 Å². The van der Waals surface area contributed by atoms with Crippen molar-refractivity contribution in [2.45, 2.75) is 39.2 Å². The fourth-order valence-electron chi connectivity index (χ4n) is 2.54. The van der Waals surface area contributed by atoms with Crippen molar-refractivity contribution in [1.82, 2.24) is 4.90 Å². The molecular formula is C22H29NO4. The molecule has 5 heteroatoms. The molecule has 2 aromatic carbocycles. The topological polar surface area (TPSA) is 59.0 Å². The summed E-state index contributed by atoms with van der Waals surface area (Å²) in [6.45, 7) is 6.56. The number of para-hydroxylation sites is 1. The zero-order valence-corrected chi connectivity index (χ0v) is 16.4. The van der Waals surface area contributed by atoms with Crippen LogP contribution >= 0.6 is 0 Å². The van der Waals surface area contributed by atoms with Crippen LogP contribution in [0, 0.1) is 0 Å². The SMILES string of the molecule is CC(C)(C)OC(=O)N(CCCO)CCc1cccc(Oc2ccccc2)c1. The summed E-state index contributed by atoms with van der Waals surface area (Å²) in [6, 6.07) is 17.5. The van der Waals surface area contributed by atoms with E-state index in [0.717, 1.165) is 17.1 Å². The van der Waals surface area contributed by atoms with Crippen LogP contribution in [0.1, 0.15) is 32.8 Å². The van der Waals surface area contributed by atoms with Gasteiger partial charge in [0.15, 0.2) is 0 Å². The molecule has 0 heterocycles. The molecule has 0 radical (unpaired) electrons. The maximum absolute atomic E-state index is 12.4. The van der Waals surface area contributed by atoms with Gasteiger partial charge in [-0.1, -0.05) is 30.3 Å². The van der Waals surface area contributed by atoms with Crippen LogP contribution in [0.2, 0.25) is 0 Å². The highest BCUT2D eigenvalue weighted by Crippen LogP contribution is 2.22. The molecule has 1 N–H and O–H groups in total. The van der Waals surface area contributed by atoms with Gasteiger partial charge < -0.3 is 19.5 Å². The molecule has 0 atom stereocenters. The van der Waals surface area contributed by atoms with Gasteiger partial charge in [-0.15, -0.1) is 0 Å². The molecule has 27 heavy (non-hydrogen) atoms. The van der Waals surface area contributed by atoms with Crippen molar-refractivity contribution in [2.75, 3.05) is 19.7 Å². The first-order valence-electron chi connectivity index (χ1n) is 9.28. The van der Waals surface area contributed by atoms with E-state index in [1.165, 1.54) is 0 Å². The van der Waals surface area contributed by atoms with Gasteiger partial charge in [-0.3, -0.25) is 0 Å². The molecule has 0 aliphatic heterocycles. The number of hydrogen-bond donors (Lipinski definition) is 1. The van der Waals surface area contributed by atoms with Gasteiger partial charge in [0, 0.05) is 19.7 Å². The first-order chi connectivity index (χ1) is 12.9. The normalized spacial score (nSPS) is 11.1. The van der Waals surface area contributed by atoms with E-state index in [9.17, 15) is 4.79 Å². The first kappa shape index (κ1) is 20.8. The Bertz CT molecular complexity index is 710.